The molecule has 4 rings (SSSR count). The molecule has 2 saturated carbocycles. The second kappa shape index (κ2) is 7.90. The molecule has 2 aliphatic carbocycles. The highest BCUT2D eigenvalue weighted by molar-refractivity contribution is 9.12. The van der Waals surface area contributed by atoms with E-state index in [1.165, 1.54) is 4.90 Å². The normalized spacial score (nSPS) is 33.5. The molecule has 0 N–H and O–H groups in total. The van der Waals surface area contributed by atoms with Crippen molar-refractivity contribution in [2.24, 2.45) is 23.7 Å². The van der Waals surface area contributed by atoms with Crippen molar-refractivity contribution < 1.29 is 19.1 Å². The summed E-state index contributed by atoms with van der Waals surface area (Å²) in [5, 5.41) is 0. The first-order valence-electron chi connectivity index (χ1n) is 9.88. The van der Waals surface area contributed by atoms with Gasteiger partial charge < -0.3 is 4.74 Å². The van der Waals surface area contributed by atoms with Gasteiger partial charge in [-0.2, -0.15) is 0 Å². The minimum absolute atomic E-state index is 0.110. The maximum Gasteiger partial charge on any atom is 0.338 e. The van der Waals surface area contributed by atoms with Crippen LogP contribution in [0, 0.1) is 23.7 Å². The highest BCUT2D eigenvalue weighted by atomic mass is 79.9. The van der Waals surface area contributed by atoms with Crippen LogP contribution in [0.15, 0.2) is 24.3 Å². The number of amides is 2. The summed E-state index contributed by atoms with van der Waals surface area (Å²) in [6.45, 7) is 2.50. The molecule has 6 atom stereocenters. The molecule has 2 amide bonds. The summed E-state index contributed by atoms with van der Waals surface area (Å²) >= 11 is 7.39. The molecule has 1 aromatic carbocycles. The van der Waals surface area contributed by atoms with Crippen molar-refractivity contribution in [3.8, 4) is 0 Å². The van der Waals surface area contributed by atoms with Crippen molar-refractivity contribution in [3.05, 3.63) is 29.8 Å². The van der Waals surface area contributed by atoms with Crippen molar-refractivity contribution in [1.82, 2.24) is 0 Å². The number of halogens is 2. The highest BCUT2D eigenvalue weighted by Gasteiger charge is 2.66. The van der Waals surface area contributed by atoms with Crippen LogP contribution in [0.25, 0.3) is 0 Å². The predicted molar refractivity (Wildman–Crippen MR) is 113 cm³/mol. The summed E-state index contributed by atoms with van der Waals surface area (Å²) in [6, 6.07) is 6.58. The molecule has 5 nitrogen and oxygen atoms in total. The Morgan fingerprint density at radius 2 is 1.61 bits per heavy atom. The van der Waals surface area contributed by atoms with Gasteiger partial charge in [0.05, 0.1) is 29.7 Å². The van der Waals surface area contributed by atoms with E-state index in [4.69, 9.17) is 4.74 Å². The van der Waals surface area contributed by atoms with Gasteiger partial charge in [0, 0.05) is 9.65 Å². The van der Waals surface area contributed by atoms with E-state index >= 15 is 0 Å². The number of ether oxygens (including phenoxy) is 1. The number of anilines is 1. The number of rotatable bonds is 6. The Kier molecular flexibility index (Phi) is 5.67. The molecule has 1 aliphatic heterocycles. The molecule has 7 heteroatoms. The second-order valence-corrected chi connectivity index (χ2v) is 10.0. The van der Waals surface area contributed by atoms with Crippen LogP contribution < -0.4 is 4.90 Å². The lowest BCUT2D eigenvalue weighted by atomic mass is 9.81. The molecule has 28 heavy (non-hydrogen) atoms. The standard InChI is InChI=1S/C21H23Br2NO4/c1-2-3-4-9-28-21(27)11-5-7-12(8-6-11)24-19(25)15-13-10-14(16(15)20(24)26)18(23)17(13)22/h5-8,13-18H,2-4,9-10H2,1H3/t13-,14-,15-,16+,17-,18+/m1/s1. The maximum atomic E-state index is 13.0. The number of carbonyl (C=O) groups excluding carboxylic acids is 3. The number of unbranched alkanes of at least 4 members (excludes halogenated alkanes) is 2. The summed E-state index contributed by atoms with van der Waals surface area (Å²) in [5.41, 5.74) is 0.962. The van der Waals surface area contributed by atoms with Gasteiger partial charge in [0.1, 0.15) is 0 Å². The van der Waals surface area contributed by atoms with Crippen LogP contribution in [-0.2, 0) is 14.3 Å². The minimum atomic E-state index is -0.374. The first kappa shape index (κ1) is 20.1. The Morgan fingerprint density at radius 3 is 2.14 bits per heavy atom. The number of hydrogen-bond acceptors (Lipinski definition) is 4. The highest BCUT2D eigenvalue weighted by Crippen LogP contribution is 2.60. The summed E-state index contributed by atoms with van der Waals surface area (Å²) in [6.07, 6.45) is 3.86. The topological polar surface area (TPSA) is 63.7 Å². The third kappa shape index (κ3) is 3.15. The number of carbonyl (C=O) groups is 3. The predicted octanol–water partition coefficient (Wildman–Crippen LogP) is 4.32. The van der Waals surface area contributed by atoms with E-state index in [1.54, 1.807) is 24.3 Å². The van der Waals surface area contributed by atoms with Crippen molar-refractivity contribution in [2.45, 2.75) is 42.3 Å². The fourth-order valence-electron chi connectivity index (χ4n) is 4.95. The van der Waals surface area contributed by atoms with Crippen molar-refractivity contribution in [3.63, 3.8) is 0 Å². The van der Waals surface area contributed by atoms with Crippen molar-refractivity contribution in [1.29, 1.82) is 0 Å². The van der Waals surface area contributed by atoms with Crippen LogP contribution >= 0.6 is 31.9 Å². The Balaban J connectivity index is 1.47. The fourth-order valence-corrected chi connectivity index (χ4v) is 6.82. The number of benzene rings is 1. The maximum absolute atomic E-state index is 13.0. The summed E-state index contributed by atoms with van der Waals surface area (Å²) in [4.78, 5) is 40.0. The van der Waals surface area contributed by atoms with Gasteiger partial charge in [-0.1, -0.05) is 51.6 Å². The molecular weight excluding hydrogens is 490 g/mol. The average Bonchev–Trinajstić information content (AvgIpc) is 3.30. The Bertz CT molecular complexity index is 764. The lowest BCUT2D eigenvalue weighted by Crippen LogP contribution is -2.37. The van der Waals surface area contributed by atoms with E-state index in [1.807, 2.05) is 0 Å². The average molecular weight is 513 g/mol. The van der Waals surface area contributed by atoms with Gasteiger partial charge >= 0.3 is 5.97 Å². The molecule has 1 aromatic rings. The third-order valence-corrected chi connectivity index (χ3v) is 9.54. The van der Waals surface area contributed by atoms with E-state index in [9.17, 15) is 14.4 Å². The van der Waals surface area contributed by atoms with Crippen LogP contribution in [0.5, 0.6) is 0 Å². The van der Waals surface area contributed by atoms with E-state index in [0.29, 0.717) is 17.9 Å². The molecule has 150 valence electrons. The first-order valence-corrected chi connectivity index (χ1v) is 11.7. The molecule has 1 saturated heterocycles. The molecule has 3 aliphatic rings. The van der Waals surface area contributed by atoms with Crippen LogP contribution in [0.3, 0.4) is 0 Å². The molecule has 0 radical (unpaired) electrons. The number of esters is 1. The zero-order valence-corrected chi connectivity index (χ0v) is 18.8. The minimum Gasteiger partial charge on any atom is -0.462 e. The van der Waals surface area contributed by atoms with Crippen LogP contribution in [0.2, 0.25) is 0 Å². The second-order valence-electron chi connectivity index (χ2n) is 7.91. The van der Waals surface area contributed by atoms with Crippen molar-refractivity contribution in [2.75, 3.05) is 11.5 Å². The zero-order valence-electron chi connectivity index (χ0n) is 15.6. The first-order chi connectivity index (χ1) is 13.5. The summed E-state index contributed by atoms with van der Waals surface area (Å²) < 4.78 is 5.26. The fraction of sp³-hybridized carbons (Fsp3) is 0.571. The lowest BCUT2D eigenvalue weighted by Gasteiger charge is -2.28. The third-order valence-electron chi connectivity index (χ3n) is 6.33. The molecule has 0 unspecified atom stereocenters. The number of alkyl halides is 2. The quantitative estimate of drug-likeness (QED) is 0.246. The van der Waals surface area contributed by atoms with Gasteiger partial charge in [0.2, 0.25) is 11.8 Å². The van der Waals surface area contributed by atoms with Crippen LogP contribution in [0.4, 0.5) is 5.69 Å². The van der Waals surface area contributed by atoms with Crippen LogP contribution in [0.1, 0.15) is 43.0 Å². The van der Waals surface area contributed by atoms with Crippen molar-refractivity contribution >= 4 is 55.3 Å². The number of hydrogen-bond donors (Lipinski definition) is 0. The number of imide groups is 1. The van der Waals surface area contributed by atoms with Gasteiger partial charge in [-0.15, -0.1) is 0 Å². The Hall–Kier alpha value is -1.21. The van der Waals surface area contributed by atoms with Gasteiger partial charge in [-0.25, -0.2) is 4.79 Å². The Morgan fingerprint density at radius 1 is 1.04 bits per heavy atom. The van der Waals surface area contributed by atoms with Crippen LogP contribution in [-0.4, -0.2) is 34.0 Å². The molecule has 2 bridgehead atoms. The smallest absolute Gasteiger partial charge is 0.338 e. The SMILES string of the molecule is CCCCCOC(=O)c1ccc(N2C(=O)[C@@H]3[C@H]4C[C@@H]([C@H](Br)[C@@H]4Br)[C@@H]3C2=O)cc1. The largest absolute Gasteiger partial charge is 0.462 e. The molecule has 0 aromatic heterocycles. The van der Waals surface area contributed by atoms with Gasteiger partial charge in [-0.05, 0) is 48.9 Å². The number of fused-ring (bicyclic) bond motifs is 5. The summed E-state index contributed by atoms with van der Waals surface area (Å²) in [7, 11) is 0. The van der Waals surface area contributed by atoms with E-state index in [-0.39, 0.29) is 51.1 Å². The Labute approximate surface area is 181 Å². The van der Waals surface area contributed by atoms with Gasteiger partial charge in [0.15, 0.2) is 0 Å². The van der Waals surface area contributed by atoms with E-state index in [0.717, 1.165) is 25.7 Å². The summed E-state index contributed by atoms with van der Waals surface area (Å²) in [5.74, 6) is -0.683. The van der Waals surface area contributed by atoms with Gasteiger partial charge in [-0.3, -0.25) is 14.5 Å². The van der Waals surface area contributed by atoms with Gasteiger partial charge in [0.25, 0.3) is 0 Å². The molecule has 3 fully saturated rings. The molecule has 0 spiro atoms. The zero-order chi connectivity index (χ0) is 20.0. The molecule has 1 heterocycles. The lowest BCUT2D eigenvalue weighted by molar-refractivity contribution is -0.123. The molecular formula is C21H23Br2NO4. The van der Waals surface area contributed by atoms with E-state index in [2.05, 4.69) is 38.8 Å². The monoisotopic (exact) mass is 511 g/mol. The van der Waals surface area contributed by atoms with E-state index < -0.39 is 0 Å². The number of nitrogens with zero attached hydrogens (tertiary/aromatic N) is 1.